The van der Waals surface area contributed by atoms with Gasteiger partial charge >= 0.3 is 0 Å². The van der Waals surface area contributed by atoms with E-state index in [0.29, 0.717) is 30.3 Å². The van der Waals surface area contributed by atoms with Crippen LogP contribution in [0.1, 0.15) is 32.2 Å². The molecule has 0 aliphatic rings. The largest absolute Gasteiger partial charge is 0.246 e. The maximum Gasteiger partial charge on any atom is 0.228 e. The molecule has 1 aromatic rings. The Balaban J connectivity index is 3.32. The third-order valence-corrected chi connectivity index (χ3v) is 4.72. The molecular formula is C10H14Cl5N3. The molecule has 0 bridgehead atoms. The molecule has 0 amide bonds. The van der Waals surface area contributed by atoms with Crippen LogP contribution in [0.2, 0.25) is 0 Å². The van der Waals surface area contributed by atoms with Gasteiger partial charge in [-0.15, -0.1) is 5.10 Å². The lowest BCUT2D eigenvalue weighted by Crippen LogP contribution is -2.32. The smallest absolute Gasteiger partial charge is 0.228 e. The zero-order valence-corrected chi connectivity index (χ0v) is 14.0. The van der Waals surface area contributed by atoms with Gasteiger partial charge in [0.1, 0.15) is 5.69 Å². The molecule has 0 spiro atoms. The van der Waals surface area contributed by atoms with E-state index in [-0.39, 0.29) is 0 Å². The van der Waals surface area contributed by atoms with Crippen molar-refractivity contribution in [2.24, 2.45) is 5.92 Å². The van der Waals surface area contributed by atoms with Gasteiger partial charge in [-0.05, 0) is 19.3 Å². The highest BCUT2D eigenvalue weighted by Gasteiger charge is 2.51. The number of aryl methyl sites for hydroxylation is 1. The van der Waals surface area contributed by atoms with Crippen LogP contribution in [0.25, 0.3) is 0 Å². The molecule has 18 heavy (non-hydrogen) atoms. The maximum absolute atomic E-state index is 6.22. The zero-order valence-electron chi connectivity index (χ0n) is 10.2. The molecule has 1 heterocycles. The Morgan fingerprint density at radius 1 is 1.17 bits per heavy atom. The predicted octanol–water partition coefficient (Wildman–Crippen LogP) is 4.50. The fourth-order valence-electron chi connectivity index (χ4n) is 1.57. The van der Waals surface area contributed by atoms with Crippen molar-refractivity contribution in [1.82, 2.24) is 15.0 Å². The van der Waals surface area contributed by atoms with Crippen molar-refractivity contribution in [3.63, 3.8) is 0 Å². The third kappa shape index (κ3) is 3.37. The normalized spacial score (nSPS) is 13.4. The molecule has 0 saturated carbocycles. The molecule has 0 atom stereocenters. The van der Waals surface area contributed by atoms with Crippen molar-refractivity contribution in [1.29, 1.82) is 0 Å². The van der Waals surface area contributed by atoms with Crippen molar-refractivity contribution >= 4 is 58.0 Å². The van der Waals surface area contributed by atoms with Gasteiger partial charge in [0.05, 0.1) is 5.69 Å². The van der Waals surface area contributed by atoms with E-state index in [9.17, 15) is 0 Å². The van der Waals surface area contributed by atoms with E-state index in [4.69, 9.17) is 58.0 Å². The second-order valence-electron chi connectivity index (χ2n) is 4.37. The van der Waals surface area contributed by atoms with Gasteiger partial charge < -0.3 is 0 Å². The molecule has 0 aliphatic heterocycles. The molecule has 8 heteroatoms. The van der Waals surface area contributed by atoms with Crippen molar-refractivity contribution in [2.45, 2.75) is 41.9 Å². The summed E-state index contributed by atoms with van der Waals surface area (Å²) in [5.41, 5.74) is 1.10. The van der Waals surface area contributed by atoms with E-state index in [0.717, 1.165) is 0 Å². The molecule has 0 radical (unpaired) electrons. The lowest BCUT2D eigenvalue weighted by molar-refractivity contribution is 0.579. The fourth-order valence-corrected chi connectivity index (χ4v) is 2.25. The molecule has 0 unspecified atom stereocenters. The Hall–Kier alpha value is 0.590. The Morgan fingerprint density at radius 3 is 2.11 bits per heavy atom. The molecule has 0 aromatic carbocycles. The summed E-state index contributed by atoms with van der Waals surface area (Å²) in [4.78, 5) is 0. The first-order valence-electron chi connectivity index (χ1n) is 5.48. The van der Waals surface area contributed by atoms with Crippen molar-refractivity contribution < 1.29 is 0 Å². The number of hydrogen-bond donors (Lipinski definition) is 0. The van der Waals surface area contributed by atoms with Gasteiger partial charge in [0.15, 0.2) is 0 Å². The standard InChI is InChI=1S/C10H14Cl5N3/c1-4-18-8(9(11,12)10(13,14)15)7(16-17-18)5-6(2)3/h6H,4-5H2,1-3H3. The fraction of sp³-hybridized carbons (Fsp3) is 0.800. The van der Waals surface area contributed by atoms with Gasteiger partial charge in [-0.1, -0.05) is 77.1 Å². The minimum atomic E-state index is -1.86. The highest BCUT2D eigenvalue weighted by atomic mass is 35.6. The van der Waals surface area contributed by atoms with Gasteiger partial charge in [-0.25, -0.2) is 4.68 Å². The van der Waals surface area contributed by atoms with Crippen LogP contribution in [0.3, 0.4) is 0 Å². The van der Waals surface area contributed by atoms with E-state index >= 15 is 0 Å². The quantitative estimate of drug-likeness (QED) is 0.746. The van der Waals surface area contributed by atoms with Crippen LogP contribution >= 0.6 is 58.0 Å². The number of halogens is 5. The monoisotopic (exact) mass is 351 g/mol. The molecule has 1 aromatic heterocycles. The number of nitrogens with zero attached hydrogens (tertiary/aromatic N) is 3. The number of hydrogen-bond acceptors (Lipinski definition) is 2. The van der Waals surface area contributed by atoms with Crippen LogP contribution in [0.4, 0.5) is 0 Å². The Kier molecular flexibility index (Phi) is 5.48. The molecule has 0 aliphatic carbocycles. The first-order chi connectivity index (χ1) is 8.11. The number of alkyl halides is 5. The van der Waals surface area contributed by atoms with Crippen LogP contribution in [-0.4, -0.2) is 18.8 Å². The molecule has 0 N–H and O–H groups in total. The van der Waals surface area contributed by atoms with Gasteiger partial charge in [0.25, 0.3) is 0 Å². The average Bonchev–Trinajstić information content (AvgIpc) is 2.58. The first-order valence-corrected chi connectivity index (χ1v) is 7.37. The minimum Gasteiger partial charge on any atom is -0.246 e. The lowest BCUT2D eigenvalue weighted by atomic mass is 10.1. The Bertz CT molecular complexity index is 408. The lowest BCUT2D eigenvalue weighted by Gasteiger charge is -2.28. The molecular weight excluding hydrogens is 339 g/mol. The van der Waals surface area contributed by atoms with Crippen molar-refractivity contribution in [2.75, 3.05) is 0 Å². The Labute approximate surface area is 132 Å². The van der Waals surface area contributed by atoms with Crippen LogP contribution in [0, 0.1) is 5.92 Å². The first kappa shape index (κ1) is 16.6. The summed E-state index contributed by atoms with van der Waals surface area (Å²) in [5.74, 6) is 0.366. The van der Waals surface area contributed by atoms with Crippen LogP contribution in [0.5, 0.6) is 0 Å². The summed E-state index contributed by atoms with van der Waals surface area (Å²) in [6.45, 7) is 6.53. The SMILES string of the molecule is CCn1nnc(CC(C)C)c1C(Cl)(Cl)C(Cl)(Cl)Cl. The van der Waals surface area contributed by atoms with Crippen LogP contribution in [-0.2, 0) is 17.3 Å². The number of rotatable bonds is 4. The predicted molar refractivity (Wildman–Crippen MR) is 77.9 cm³/mol. The van der Waals surface area contributed by atoms with Crippen molar-refractivity contribution in [3.05, 3.63) is 11.4 Å². The summed E-state index contributed by atoms with van der Waals surface area (Å²) < 4.78 is -2.00. The topological polar surface area (TPSA) is 30.7 Å². The van der Waals surface area contributed by atoms with E-state index in [2.05, 4.69) is 10.3 Å². The van der Waals surface area contributed by atoms with Gasteiger partial charge in [-0.3, -0.25) is 0 Å². The van der Waals surface area contributed by atoms with E-state index < -0.39 is 8.13 Å². The van der Waals surface area contributed by atoms with Gasteiger partial charge in [0.2, 0.25) is 8.13 Å². The summed E-state index contributed by atoms with van der Waals surface area (Å²) in [7, 11) is 0. The molecule has 3 nitrogen and oxygen atoms in total. The Morgan fingerprint density at radius 2 is 1.72 bits per heavy atom. The van der Waals surface area contributed by atoms with Crippen molar-refractivity contribution in [3.8, 4) is 0 Å². The highest BCUT2D eigenvalue weighted by Crippen LogP contribution is 2.53. The summed E-state index contributed by atoms with van der Waals surface area (Å²) in [5, 5.41) is 8.06. The third-order valence-electron chi connectivity index (χ3n) is 2.36. The molecule has 0 fully saturated rings. The zero-order chi connectivity index (χ0) is 14.1. The molecule has 1 rings (SSSR count). The summed E-state index contributed by atoms with van der Waals surface area (Å²) >= 11 is 30.0. The molecule has 104 valence electrons. The minimum absolute atomic E-state index is 0.366. The molecule has 0 saturated heterocycles. The van der Waals surface area contributed by atoms with Gasteiger partial charge in [-0.2, -0.15) is 0 Å². The second kappa shape index (κ2) is 5.92. The van der Waals surface area contributed by atoms with E-state index in [1.165, 1.54) is 0 Å². The summed E-state index contributed by atoms with van der Waals surface area (Å²) in [6, 6.07) is 0. The highest BCUT2D eigenvalue weighted by molar-refractivity contribution is 6.75. The van der Waals surface area contributed by atoms with Gasteiger partial charge in [0, 0.05) is 6.54 Å². The second-order valence-corrected chi connectivity index (χ2v) is 7.98. The number of aromatic nitrogens is 3. The summed E-state index contributed by atoms with van der Waals surface area (Å²) in [6.07, 6.45) is 0.664. The van der Waals surface area contributed by atoms with E-state index in [1.54, 1.807) is 4.68 Å². The van der Waals surface area contributed by atoms with E-state index in [1.807, 2.05) is 20.8 Å². The van der Waals surface area contributed by atoms with Crippen LogP contribution < -0.4 is 0 Å². The maximum atomic E-state index is 6.22. The van der Waals surface area contributed by atoms with Crippen LogP contribution in [0.15, 0.2) is 0 Å². The average molecular weight is 354 g/mol.